The number of hydrogen-bond acceptors (Lipinski definition) is 2. The van der Waals surface area contributed by atoms with Crippen molar-refractivity contribution in [2.24, 2.45) is 4.99 Å². The summed E-state index contributed by atoms with van der Waals surface area (Å²) in [6, 6.07) is 6.67. The van der Waals surface area contributed by atoms with Gasteiger partial charge in [-0.25, -0.2) is 4.39 Å². The molecule has 0 bridgehead atoms. The SMILES string of the molecule is CCCCN=C(NCC)NCCN(C)Cc1ccc(F)cc1.I. The fourth-order valence-corrected chi connectivity index (χ4v) is 2.04. The Morgan fingerprint density at radius 2 is 1.87 bits per heavy atom. The van der Waals surface area contributed by atoms with Crippen LogP contribution in [0.15, 0.2) is 29.3 Å². The Bertz CT molecular complexity index is 437. The third-order valence-electron chi connectivity index (χ3n) is 3.28. The van der Waals surface area contributed by atoms with Crippen molar-refractivity contribution in [3.8, 4) is 0 Å². The molecule has 0 aliphatic rings. The molecule has 0 amide bonds. The number of halogens is 2. The molecule has 6 heteroatoms. The van der Waals surface area contributed by atoms with Gasteiger partial charge in [-0.05, 0) is 38.1 Å². The van der Waals surface area contributed by atoms with Gasteiger partial charge < -0.3 is 15.5 Å². The maximum absolute atomic E-state index is 12.9. The molecule has 0 atom stereocenters. The van der Waals surface area contributed by atoms with Crippen LogP contribution in [0, 0.1) is 5.82 Å². The summed E-state index contributed by atoms with van der Waals surface area (Å²) >= 11 is 0. The molecule has 0 aromatic heterocycles. The summed E-state index contributed by atoms with van der Waals surface area (Å²) in [5, 5.41) is 6.59. The van der Waals surface area contributed by atoms with Crippen molar-refractivity contribution in [1.82, 2.24) is 15.5 Å². The lowest BCUT2D eigenvalue weighted by atomic mass is 10.2. The fraction of sp³-hybridized carbons (Fsp3) is 0.588. The van der Waals surface area contributed by atoms with Crippen molar-refractivity contribution in [2.45, 2.75) is 33.2 Å². The second-order valence-electron chi connectivity index (χ2n) is 5.41. The maximum Gasteiger partial charge on any atom is 0.191 e. The first kappa shape index (κ1) is 22.1. The topological polar surface area (TPSA) is 39.7 Å². The summed E-state index contributed by atoms with van der Waals surface area (Å²) in [5.41, 5.74) is 1.12. The van der Waals surface area contributed by atoms with Gasteiger partial charge in [0, 0.05) is 32.7 Å². The van der Waals surface area contributed by atoms with Crippen LogP contribution >= 0.6 is 24.0 Å². The zero-order chi connectivity index (χ0) is 16.2. The average Bonchev–Trinajstić information content (AvgIpc) is 2.50. The van der Waals surface area contributed by atoms with Gasteiger partial charge >= 0.3 is 0 Å². The molecule has 0 unspecified atom stereocenters. The highest BCUT2D eigenvalue weighted by molar-refractivity contribution is 14.0. The van der Waals surface area contributed by atoms with Crippen molar-refractivity contribution in [3.63, 3.8) is 0 Å². The van der Waals surface area contributed by atoms with Crippen LogP contribution in [0.5, 0.6) is 0 Å². The standard InChI is InChI=1S/C17H29FN4.HI/c1-4-6-11-20-17(19-5-2)21-12-13-22(3)14-15-7-9-16(18)10-8-15;/h7-10H,4-6,11-14H2,1-3H3,(H2,19,20,21);1H. The van der Waals surface area contributed by atoms with E-state index in [1.807, 2.05) is 12.1 Å². The van der Waals surface area contributed by atoms with Gasteiger partial charge in [-0.2, -0.15) is 0 Å². The number of aliphatic imine (C=N–C) groups is 1. The molecule has 0 saturated carbocycles. The third kappa shape index (κ3) is 10.5. The molecule has 1 aromatic carbocycles. The minimum atomic E-state index is -0.188. The highest BCUT2D eigenvalue weighted by Crippen LogP contribution is 2.04. The van der Waals surface area contributed by atoms with E-state index in [1.165, 1.54) is 12.1 Å². The number of rotatable bonds is 9. The van der Waals surface area contributed by atoms with Crippen LogP contribution in [-0.4, -0.2) is 44.1 Å². The van der Waals surface area contributed by atoms with Crippen LogP contribution in [-0.2, 0) is 6.54 Å². The van der Waals surface area contributed by atoms with E-state index < -0.39 is 0 Å². The lowest BCUT2D eigenvalue weighted by Gasteiger charge is -2.18. The first-order valence-electron chi connectivity index (χ1n) is 8.10. The molecule has 2 N–H and O–H groups in total. The Hall–Kier alpha value is -0.890. The molecule has 1 aromatic rings. The highest BCUT2D eigenvalue weighted by atomic mass is 127. The zero-order valence-corrected chi connectivity index (χ0v) is 16.8. The molecule has 4 nitrogen and oxygen atoms in total. The van der Waals surface area contributed by atoms with E-state index in [-0.39, 0.29) is 29.8 Å². The minimum Gasteiger partial charge on any atom is -0.357 e. The van der Waals surface area contributed by atoms with E-state index in [1.54, 1.807) is 0 Å². The number of nitrogens with zero attached hydrogens (tertiary/aromatic N) is 2. The van der Waals surface area contributed by atoms with Gasteiger partial charge in [0.2, 0.25) is 0 Å². The smallest absolute Gasteiger partial charge is 0.191 e. The first-order chi connectivity index (χ1) is 10.7. The van der Waals surface area contributed by atoms with E-state index in [4.69, 9.17) is 0 Å². The van der Waals surface area contributed by atoms with E-state index in [0.717, 1.165) is 57.1 Å². The van der Waals surface area contributed by atoms with Gasteiger partial charge in [0.15, 0.2) is 5.96 Å². The third-order valence-corrected chi connectivity index (χ3v) is 3.28. The van der Waals surface area contributed by atoms with Crippen molar-refractivity contribution in [2.75, 3.05) is 33.2 Å². The van der Waals surface area contributed by atoms with Crippen LogP contribution in [0.25, 0.3) is 0 Å². The quantitative estimate of drug-likeness (QED) is 0.270. The minimum absolute atomic E-state index is 0. The second-order valence-corrected chi connectivity index (χ2v) is 5.41. The van der Waals surface area contributed by atoms with Crippen molar-refractivity contribution in [3.05, 3.63) is 35.6 Å². The average molecular weight is 436 g/mol. The summed E-state index contributed by atoms with van der Waals surface area (Å²) in [6.45, 7) is 8.50. The van der Waals surface area contributed by atoms with Crippen LogP contribution in [0.2, 0.25) is 0 Å². The number of guanidine groups is 1. The van der Waals surface area contributed by atoms with E-state index in [0.29, 0.717) is 0 Å². The predicted molar refractivity (Wildman–Crippen MR) is 107 cm³/mol. The molecule has 23 heavy (non-hydrogen) atoms. The van der Waals surface area contributed by atoms with E-state index in [2.05, 4.69) is 41.4 Å². The molecule has 0 spiro atoms. The summed E-state index contributed by atoms with van der Waals surface area (Å²) in [6.07, 6.45) is 2.27. The molecule has 0 heterocycles. The van der Waals surface area contributed by atoms with Crippen molar-refractivity contribution < 1.29 is 4.39 Å². The Labute approximate surface area is 157 Å². The molecule has 0 aliphatic carbocycles. The number of hydrogen-bond donors (Lipinski definition) is 2. The first-order valence-corrected chi connectivity index (χ1v) is 8.10. The Morgan fingerprint density at radius 1 is 1.17 bits per heavy atom. The number of nitrogens with one attached hydrogen (secondary N) is 2. The van der Waals surface area contributed by atoms with Gasteiger partial charge in [0.25, 0.3) is 0 Å². The van der Waals surface area contributed by atoms with Crippen LogP contribution in [0.4, 0.5) is 4.39 Å². The van der Waals surface area contributed by atoms with Crippen LogP contribution < -0.4 is 10.6 Å². The number of likely N-dealkylation sites (N-methyl/N-ethyl adjacent to an activating group) is 1. The van der Waals surface area contributed by atoms with Gasteiger partial charge in [0.1, 0.15) is 5.82 Å². The second kappa shape index (κ2) is 13.5. The van der Waals surface area contributed by atoms with Crippen molar-refractivity contribution in [1.29, 1.82) is 0 Å². The molecule has 0 fully saturated rings. The predicted octanol–water partition coefficient (Wildman–Crippen LogP) is 3.23. The zero-order valence-electron chi connectivity index (χ0n) is 14.4. The van der Waals surface area contributed by atoms with Crippen LogP contribution in [0.3, 0.4) is 0 Å². The summed E-state index contributed by atoms with van der Waals surface area (Å²) in [4.78, 5) is 6.73. The van der Waals surface area contributed by atoms with Crippen LogP contribution in [0.1, 0.15) is 32.3 Å². The monoisotopic (exact) mass is 436 g/mol. The van der Waals surface area contributed by atoms with Gasteiger partial charge in [-0.3, -0.25) is 4.99 Å². The normalized spacial score (nSPS) is 11.3. The Balaban J connectivity index is 0.00000484. The van der Waals surface area contributed by atoms with Gasteiger partial charge in [-0.1, -0.05) is 25.5 Å². The van der Waals surface area contributed by atoms with E-state index in [9.17, 15) is 4.39 Å². The molecular weight excluding hydrogens is 406 g/mol. The highest BCUT2D eigenvalue weighted by Gasteiger charge is 2.02. The molecule has 132 valence electrons. The fourth-order valence-electron chi connectivity index (χ4n) is 2.04. The van der Waals surface area contributed by atoms with Crippen molar-refractivity contribution >= 4 is 29.9 Å². The molecule has 0 radical (unpaired) electrons. The molecule has 0 saturated heterocycles. The number of benzene rings is 1. The lowest BCUT2D eigenvalue weighted by Crippen LogP contribution is -2.41. The number of unbranched alkanes of at least 4 members (excludes halogenated alkanes) is 1. The summed E-state index contributed by atoms with van der Waals surface area (Å²) in [5.74, 6) is 0.692. The maximum atomic E-state index is 12.9. The Kier molecular flexibility index (Phi) is 13.0. The lowest BCUT2D eigenvalue weighted by molar-refractivity contribution is 0.331. The largest absolute Gasteiger partial charge is 0.357 e. The Morgan fingerprint density at radius 3 is 2.48 bits per heavy atom. The molecule has 0 aliphatic heterocycles. The van der Waals surface area contributed by atoms with Gasteiger partial charge in [-0.15, -0.1) is 24.0 Å². The molecule has 1 rings (SSSR count). The van der Waals surface area contributed by atoms with Gasteiger partial charge in [0.05, 0.1) is 0 Å². The van der Waals surface area contributed by atoms with E-state index >= 15 is 0 Å². The summed E-state index contributed by atoms with van der Waals surface area (Å²) in [7, 11) is 2.06. The molecular formula is C17H30FIN4. The summed E-state index contributed by atoms with van der Waals surface area (Å²) < 4.78 is 12.9.